The van der Waals surface area contributed by atoms with Crippen LogP contribution in [0.25, 0.3) is 11.2 Å². The maximum Gasteiger partial charge on any atom is 0.413 e. The van der Waals surface area contributed by atoms with Crippen LogP contribution < -0.4 is 5.32 Å². The molecule has 3 rings (SSSR count). The highest BCUT2D eigenvalue weighted by atomic mass is 32.1. The Kier molecular flexibility index (Phi) is 4.46. The van der Waals surface area contributed by atoms with Crippen LogP contribution in [0.3, 0.4) is 0 Å². The molecule has 24 heavy (non-hydrogen) atoms. The first-order chi connectivity index (χ1) is 11.4. The number of carbonyl (C=O) groups is 1. The maximum atomic E-state index is 11.9. The summed E-state index contributed by atoms with van der Waals surface area (Å²) in [5.74, 6) is 0.890. The topological polar surface area (TPSA) is 91.2 Å². The molecule has 0 saturated carbocycles. The van der Waals surface area contributed by atoms with E-state index in [1.54, 1.807) is 31.7 Å². The van der Waals surface area contributed by atoms with Gasteiger partial charge in [0.1, 0.15) is 11.9 Å². The van der Waals surface area contributed by atoms with E-state index >= 15 is 0 Å². The summed E-state index contributed by atoms with van der Waals surface area (Å²) in [4.78, 5) is 24.6. The molecule has 0 aromatic carbocycles. The van der Waals surface area contributed by atoms with Gasteiger partial charge in [0.15, 0.2) is 23.2 Å². The molecule has 3 heterocycles. The van der Waals surface area contributed by atoms with E-state index < -0.39 is 11.7 Å². The van der Waals surface area contributed by atoms with Gasteiger partial charge in [-0.2, -0.15) is 12.6 Å². The van der Waals surface area contributed by atoms with Gasteiger partial charge < -0.3 is 9.47 Å². The average Bonchev–Trinajstić information content (AvgIpc) is 3.11. The molecular weight excluding hydrogens is 330 g/mol. The van der Waals surface area contributed by atoms with Crippen molar-refractivity contribution in [1.82, 2.24) is 19.5 Å². The molecule has 2 aromatic rings. The lowest BCUT2D eigenvalue weighted by atomic mass is 10.2. The van der Waals surface area contributed by atoms with Crippen molar-refractivity contribution in [3.63, 3.8) is 0 Å². The molecule has 1 aliphatic rings. The highest BCUT2D eigenvalue weighted by Crippen LogP contribution is 2.27. The second-order valence-electron chi connectivity index (χ2n) is 6.31. The highest BCUT2D eigenvalue weighted by Gasteiger charge is 2.23. The molecule has 2 aromatic heterocycles. The van der Waals surface area contributed by atoms with E-state index in [1.807, 2.05) is 12.2 Å². The van der Waals surface area contributed by atoms with Gasteiger partial charge in [-0.25, -0.2) is 19.7 Å². The quantitative estimate of drug-likeness (QED) is 0.654. The fourth-order valence-electron chi connectivity index (χ4n) is 2.28. The number of imidazole rings is 1. The van der Waals surface area contributed by atoms with Crippen molar-refractivity contribution in [1.29, 1.82) is 0 Å². The maximum absolute atomic E-state index is 11.9. The third-order valence-corrected chi connectivity index (χ3v) is 3.60. The van der Waals surface area contributed by atoms with Crippen LogP contribution in [0.4, 0.5) is 10.6 Å². The Morgan fingerprint density at radius 1 is 1.38 bits per heavy atom. The number of rotatable bonds is 3. The van der Waals surface area contributed by atoms with Crippen LogP contribution in [0.1, 0.15) is 27.0 Å². The van der Waals surface area contributed by atoms with Crippen molar-refractivity contribution in [3.8, 4) is 0 Å². The van der Waals surface area contributed by atoms with E-state index in [0.717, 1.165) is 0 Å². The van der Waals surface area contributed by atoms with Gasteiger partial charge in [-0.15, -0.1) is 0 Å². The van der Waals surface area contributed by atoms with Crippen molar-refractivity contribution < 1.29 is 14.3 Å². The molecule has 128 valence electrons. The fraction of sp³-hybridized carbons (Fsp3) is 0.467. The second-order valence-corrected chi connectivity index (χ2v) is 6.67. The summed E-state index contributed by atoms with van der Waals surface area (Å²) in [6.07, 6.45) is 5.89. The molecule has 0 bridgehead atoms. The third-order valence-electron chi connectivity index (χ3n) is 3.24. The Morgan fingerprint density at radius 3 is 2.83 bits per heavy atom. The van der Waals surface area contributed by atoms with Crippen LogP contribution in [0.15, 0.2) is 24.8 Å². The van der Waals surface area contributed by atoms with Crippen molar-refractivity contribution in [3.05, 3.63) is 24.8 Å². The lowest BCUT2D eigenvalue weighted by Gasteiger charge is -2.19. The van der Waals surface area contributed by atoms with E-state index in [0.29, 0.717) is 22.7 Å². The van der Waals surface area contributed by atoms with E-state index in [2.05, 4.69) is 32.9 Å². The van der Waals surface area contributed by atoms with Crippen LogP contribution in [0.5, 0.6) is 0 Å². The van der Waals surface area contributed by atoms with Gasteiger partial charge in [0.2, 0.25) is 0 Å². The van der Waals surface area contributed by atoms with Crippen LogP contribution >= 0.6 is 12.6 Å². The lowest BCUT2D eigenvalue weighted by molar-refractivity contribution is 0.0321. The smallest absolute Gasteiger partial charge is 0.413 e. The number of nitrogens with one attached hydrogen (secondary N) is 1. The van der Waals surface area contributed by atoms with Gasteiger partial charge in [0.25, 0.3) is 0 Å². The number of hydrogen-bond donors (Lipinski definition) is 2. The predicted octanol–water partition coefficient (Wildman–Crippen LogP) is 2.56. The van der Waals surface area contributed by atoms with Crippen LogP contribution in [0.2, 0.25) is 0 Å². The molecule has 8 nitrogen and oxygen atoms in total. The molecule has 1 amide bonds. The molecule has 2 atom stereocenters. The first-order valence-electron chi connectivity index (χ1n) is 7.49. The number of ether oxygens (including phenoxy) is 2. The minimum absolute atomic E-state index is 0.0445. The first kappa shape index (κ1) is 16.7. The number of fused-ring (bicyclic) bond motifs is 1. The average molecular weight is 349 g/mol. The van der Waals surface area contributed by atoms with Gasteiger partial charge in [-0.05, 0) is 26.8 Å². The van der Waals surface area contributed by atoms with Crippen molar-refractivity contribution >= 4 is 35.7 Å². The van der Waals surface area contributed by atoms with E-state index in [1.165, 1.54) is 6.33 Å². The molecule has 9 heteroatoms. The first-order valence-corrected chi connectivity index (χ1v) is 8.13. The highest BCUT2D eigenvalue weighted by molar-refractivity contribution is 7.80. The summed E-state index contributed by atoms with van der Waals surface area (Å²) in [7, 11) is 0. The SMILES string of the molecule is CC(C)(C)OC(=O)Nc1ncnc2c1ncn2[C@H]1C=C[C@@H](CS)O1. The standard InChI is InChI=1S/C15H19N5O3S/c1-15(2,3)23-14(21)19-12-11-13(17-7-16-12)20(8-18-11)10-5-4-9(6-24)22-10/h4-5,7-10,24H,6H2,1-3H3,(H,16,17,19,21)/t9-,10+/m0/s1. The third kappa shape index (κ3) is 3.51. The summed E-state index contributed by atoms with van der Waals surface area (Å²) in [5.41, 5.74) is 0.431. The summed E-state index contributed by atoms with van der Waals surface area (Å²) in [5, 5.41) is 2.61. The van der Waals surface area contributed by atoms with Gasteiger partial charge in [0, 0.05) is 5.75 Å². The van der Waals surface area contributed by atoms with Crippen molar-refractivity contribution in [2.75, 3.05) is 11.1 Å². The number of nitrogens with zero attached hydrogens (tertiary/aromatic N) is 4. The zero-order valence-electron chi connectivity index (χ0n) is 13.6. The van der Waals surface area contributed by atoms with Crippen LogP contribution in [-0.2, 0) is 9.47 Å². The predicted molar refractivity (Wildman–Crippen MR) is 92.1 cm³/mol. The number of hydrogen-bond acceptors (Lipinski definition) is 7. The van der Waals surface area contributed by atoms with Gasteiger partial charge >= 0.3 is 6.09 Å². The number of anilines is 1. The Hall–Kier alpha value is -2.13. The summed E-state index contributed by atoms with van der Waals surface area (Å²) in [6, 6.07) is 0. The fourth-order valence-corrected chi connectivity index (χ4v) is 2.49. The minimum atomic E-state index is -0.597. The number of amides is 1. The van der Waals surface area contributed by atoms with E-state index in [4.69, 9.17) is 9.47 Å². The van der Waals surface area contributed by atoms with Crippen LogP contribution in [0, 0.1) is 0 Å². The van der Waals surface area contributed by atoms with Crippen LogP contribution in [-0.4, -0.2) is 43.1 Å². The van der Waals surface area contributed by atoms with Gasteiger partial charge in [0.05, 0.1) is 12.4 Å². The number of carbonyl (C=O) groups excluding carboxylic acids is 1. The van der Waals surface area contributed by atoms with Crippen molar-refractivity contribution in [2.24, 2.45) is 0 Å². The second kappa shape index (κ2) is 6.40. The molecule has 0 radical (unpaired) electrons. The van der Waals surface area contributed by atoms with Crippen molar-refractivity contribution in [2.45, 2.75) is 38.7 Å². The molecule has 0 fully saturated rings. The molecule has 0 unspecified atom stereocenters. The Balaban J connectivity index is 1.85. The molecule has 0 aliphatic carbocycles. The molecular formula is C15H19N5O3S. The summed E-state index contributed by atoms with van der Waals surface area (Å²) >= 11 is 4.23. The molecule has 0 spiro atoms. The normalized spacial score (nSPS) is 20.5. The Bertz CT molecular complexity index is 783. The zero-order chi connectivity index (χ0) is 17.3. The van der Waals surface area contributed by atoms with Gasteiger partial charge in [-0.3, -0.25) is 9.88 Å². The Labute approximate surface area is 144 Å². The Morgan fingerprint density at radius 2 is 2.17 bits per heavy atom. The molecule has 0 saturated heterocycles. The monoisotopic (exact) mass is 349 g/mol. The molecule has 1 N–H and O–H groups in total. The summed E-state index contributed by atoms with van der Waals surface area (Å²) in [6.45, 7) is 5.37. The minimum Gasteiger partial charge on any atom is -0.444 e. The van der Waals surface area contributed by atoms with E-state index in [9.17, 15) is 4.79 Å². The lowest BCUT2D eigenvalue weighted by Crippen LogP contribution is -2.27. The largest absolute Gasteiger partial charge is 0.444 e. The number of thiol groups is 1. The molecule has 1 aliphatic heterocycles. The van der Waals surface area contributed by atoms with Gasteiger partial charge in [-0.1, -0.05) is 6.08 Å². The zero-order valence-corrected chi connectivity index (χ0v) is 14.5. The number of aromatic nitrogens is 4. The summed E-state index contributed by atoms with van der Waals surface area (Å²) < 4.78 is 12.8. The van der Waals surface area contributed by atoms with E-state index in [-0.39, 0.29) is 12.3 Å².